The number of nitriles is 1. The SMILES string of the molecule is CCCCCCc1cc(C=C(C#N)C(=O)O)sc1-c1sc(-c2ccc(C=C(c3ccccc3)c3ccccc3)cc2)c2c1OCCO2. The number of nitrogens with zero attached hydrogens (tertiary/aromatic N) is 1. The molecular formula is C40H35NO4S2. The lowest BCUT2D eigenvalue weighted by molar-refractivity contribution is -0.132. The predicted octanol–water partition coefficient (Wildman–Crippen LogP) is 10.6. The molecule has 5 aromatic rings. The number of thiophene rings is 2. The van der Waals surface area contributed by atoms with E-state index in [1.165, 1.54) is 23.8 Å². The molecule has 47 heavy (non-hydrogen) atoms. The van der Waals surface area contributed by atoms with Gasteiger partial charge in [-0.2, -0.15) is 5.26 Å². The Balaban J connectivity index is 1.38. The van der Waals surface area contributed by atoms with Gasteiger partial charge in [0.2, 0.25) is 0 Å². The van der Waals surface area contributed by atoms with Crippen LogP contribution in [0.1, 0.15) is 59.7 Å². The monoisotopic (exact) mass is 657 g/mol. The van der Waals surface area contributed by atoms with Gasteiger partial charge >= 0.3 is 5.97 Å². The highest BCUT2D eigenvalue weighted by atomic mass is 32.1. The van der Waals surface area contributed by atoms with Crippen molar-refractivity contribution < 1.29 is 19.4 Å². The smallest absolute Gasteiger partial charge is 0.346 e. The van der Waals surface area contributed by atoms with Crippen LogP contribution in [-0.2, 0) is 11.2 Å². The molecule has 6 rings (SSSR count). The zero-order valence-electron chi connectivity index (χ0n) is 26.2. The van der Waals surface area contributed by atoms with Crippen molar-refractivity contribution in [3.05, 3.63) is 124 Å². The Hall–Kier alpha value is -4.90. The molecule has 0 bridgehead atoms. The van der Waals surface area contributed by atoms with Crippen molar-refractivity contribution in [1.29, 1.82) is 5.26 Å². The van der Waals surface area contributed by atoms with Crippen molar-refractivity contribution in [1.82, 2.24) is 0 Å². The number of unbranched alkanes of at least 4 members (excludes halogenated alkanes) is 3. The van der Waals surface area contributed by atoms with Gasteiger partial charge in [0.05, 0.1) is 14.6 Å². The van der Waals surface area contributed by atoms with Crippen LogP contribution in [0.2, 0.25) is 0 Å². The molecule has 0 radical (unpaired) electrons. The van der Waals surface area contributed by atoms with Gasteiger partial charge in [-0.3, -0.25) is 0 Å². The molecule has 0 aliphatic carbocycles. The van der Waals surface area contributed by atoms with Crippen molar-refractivity contribution >= 4 is 46.4 Å². The van der Waals surface area contributed by atoms with E-state index in [9.17, 15) is 15.2 Å². The maximum atomic E-state index is 11.6. The second-order valence-electron chi connectivity index (χ2n) is 11.3. The number of benzene rings is 3. The van der Waals surface area contributed by atoms with Crippen molar-refractivity contribution in [2.75, 3.05) is 13.2 Å². The minimum absolute atomic E-state index is 0.277. The van der Waals surface area contributed by atoms with Gasteiger partial charge in [-0.25, -0.2) is 4.79 Å². The molecule has 0 saturated carbocycles. The minimum atomic E-state index is -1.22. The molecule has 0 amide bonds. The molecule has 2 aromatic heterocycles. The molecule has 0 fully saturated rings. The summed E-state index contributed by atoms with van der Waals surface area (Å²) in [5.74, 6) is 0.262. The highest BCUT2D eigenvalue weighted by Crippen LogP contribution is 2.55. The van der Waals surface area contributed by atoms with Gasteiger partial charge in [0.25, 0.3) is 0 Å². The summed E-state index contributed by atoms with van der Waals surface area (Å²) in [5.41, 5.74) is 6.47. The van der Waals surface area contributed by atoms with E-state index in [0.29, 0.717) is 13.2 Å². The molecule has 0 atom stereocenters. The molecule has 1 aliphatic rings. The fourth-order valence-corrected chi connectivity index (χ4v) is 8.19. The normalized spacial score (nSPS) is 12.4. The minimum Gasteiger partial charge on any atom is -0.485 e. The van der Waals surface area contributed by atoms with Crippen LogP contribution in [0.5, 0.6) is 11.5 Å². The summed E-state index contributed by atoms with van der Waals surface area (Å²) in [4.78, 5) is 15.4. The van der Waals surface area contributed by atoms with Crippen LogP contribution < -0.4 is 9.47 Å². The molecule has 0 unspecified atom stereocenters. The summed E-state index contributed by atoms with van der Waals surface area (Å²) < 4.78 is 12.5. The fourth-order valence-electron chi connectivity index (χ4n) is 5.68. The largest absolute Gasteiger partial charge is 0.485 e. The third-order valence-electron chi connectivity index (χ3n) is 8.02. The summed E-state index contributed by atoms with van der Waals surface area (Å²) >= 11 is 3.14. The number of carbonyl (C=O) groups is 1. The first-order valence-corrected chi connectivity index (χ1v) is 17.5. The quantitative estimate of drug-likeness (QED) is 0.0625. The second kappa shape index (κ2) is 15.1. The van der Waals surface area contributed by atoms with E-state index in [1.807, 2.05) is 24.3 Å². The first kappa shape index (κ1) is 32.1. The molecule has 7 heteroatoms. The van der Waals surface area contributed by atoms with E-state index in [4.69, 9.17) is 9.47 Å². The van der Waals surface area contributed by atoms with Gasteiger partial charge in [-0.1, -0.05) is 111 Å². The lowest BCUT2D eigenvalue weighted by Gasteiger charge is -2.17. The van der Waals surface area contributed by atoms with Crippen molar-refractivity contribution in [3.63, 3.8) is 0 Å². The lowest BCUT2D eigenvalue weighted by Crippen LogP contribution is -2.14. The number of carboxylic acid groups (broad SMARTS) is 1. The Morgan fingerprint density at radius 2 is 1.45 bits per heavy atom. The molecule has 1 N–H and O–H groups in total. The number of aryl methyl sites for hydroxylation is 1. The molecule has 0 spiro atoms. The summed E-state index contributed by atoms with van der Waals surface area (Å²) in [6.07, 6.45) is 9.03. The third-order valence-corrected chi connectivity index (χ3v) is 10.5. The number of hydrogen-bond donors (Lipinski definition) is 1. The maximum absolute atomic E-state index is 11.6. The average molecular weight is 658 g/mol. The zero-order chi connectivity index (χ0) is 32.6. The van der Waals surface area contributed by atoms with Gasteiger partial charge in [0.15, 0.2) is 11.5 Å². The number of fused-ring (bicyclic) bond motifs is 1. The molecule has 5 nitrogen and oxygen atoms in total. The maximum Gasteiger partial charge on any atom is 0.346 e. The van der Waals surface area contributed by atoms with E-state index in [0.717, 1.165) is 90.1 Å². The average Bonchev–Trinajstić information content (AvgIpc) is 3.70. The Kier molecular flexibility index (Phi) is 10.3. The van der Waals surface area contributed by atoms with Crippen LogP contribution in [0.15, 0.2) is 96.6 Å². The van der Waals surface area contributed by atoms with Crippen molar-refractivity contribution in [2.24, 2.45) is 0 Å². The fraction of sp³-hybridized carbons (Fsp3) is 0.200. The Bertz CT molecular complexity index is 1900. The Morgan fingerprint density at radius 3 is 2.04 bits per heavy atom. The second-order valence-corrected chi connectivity index (χ2v) is 13.4. The summed E-state index contributed by atoms with van der Waals surface area (Å²) in [6.45, 7) is 3.13. The van der Waals surface area contributed by atoms with Crippen LogP contribution in [-0.4, -0.2) is 24.3 Å². The van der Waals surface area contributed by atoms with Crippen LogP contribution in [0.25, 0.3) is 37.9 Å². The van der Waals surface area contributed by atoms with E-state index in [1.54, 1.807) is 11.3 Å². The number of carboxylic acids is 1. The topological polar surface area (TPSA) is 79.6 Å². The molecular weight excluding hydrogens is 623 g/mol. The van der Waals surface area contributed by atoms with Gasteiger partial charge in [0.1, 0.15) is 24.9 Å². The van der Waals surface area contributed by atoms with Gasteiger partial charge in [0, 0.05) is 4.88 Å². The van der Waals surface area contributed by atoms with E-state index < -0.39 is 5.97 Å². The first-order valence-electron chi connectivity index (χ1n) is 15.9. The van der Waals surface area contributed by atoms with Crippen molar-refractivity contribution in [2.45, 2.75) is 39.0 Å². The van der Waals surface area contributed by atoms with Crippen molar-refractivity contribution in [3.8, 4) is 37.8 Å². The summed E-state index contributed by atoms with van der Waals surface area (Å²) in [7, 11) is 0. The highest BCUT2D eigenvalue weighted by molar-refractivity contribution is 7.25. The Labute approximate surface area is 283 Å². The van der Waals surface area contributed by atoms with Gasteiger partial charge in [-0.15, -0.1) is 22.7 Å². The Morgan fingerprint density at radius 1 is 0.809 bits per heavy atom. The number of rotatable bonds is 12. The molecule has 0 saturated heterocycles. The first-order chi connectivity index (χ1) is 23.1. The van der Waals surface area contributed by atoms with Gasteiger partial charge in [-0.05, 0) is 64.5 Å². The molecule has 3 aromatic carbocycles. The van der Waals surface area contributed by atoms with E-state index in [2.05, 4.69) is 85.8 Å². The predicted molar refractivity (Wildman–Crippen MR) is 193 cm³/mol. The molecule has 1 aliphatic heterocycles. The van der Waals surface area contributed by atoms with E-state index >= 15 is 0 Å². The third kappa shape index (κ3) is 7.41. The highest BCUT2D eigenvalue weighted by Gasteiger charge is 2.28. The number of ether oxygens (including phenoxy) is 2. The van der Waals surface area contributed by atoms with E-state index in [-0.39, 0.29) is 5.57 Å². The van der Waals surface area contributed by atoms with Crippen LogP contribution in [0, 0.1) is 11.3 Å². The number of aliphatic carboxylic acids is 1. The number of hydrogen-bond acceptors (Lipinski definition) is 6. The molecule has 3 heterocycles. The zero-order valence-corrected chi connectivity index (χ0v) is 27.8. The van der Waals surface area contributed by atoms with Crippen LogP contribution in [0.4, 0.5) is 0 Å². The summed E-state index contributed by atoms with van der Waals surface area (Å²) in [5, 5.41) is 18.9. The standard InChI is InChI=1S/C40H35NO4S2/c1-2-3-4-7-16-31-24-33(25-32(26-41)40(42)43)46-38(31)39-36-35(44-21-22-45-36)37(47-39)30-19-17-27(18-20-30)23-34(28-12-8-5-9-13-28)29-14-10-6-11-15-29/h5-6,8-15,17-20,23-25H,2-4,7,16,21-22H2,1H3,(H,42,43). The van der Waals surface area contributed by atoms with Crippen LogP contribution in [0.3, 0.4) is 0 Å². The van der Waals surface area contributed by atoms with Crippen LogP contribution >= 0.6 is 22.7 Å². The molecule has 236 valence electrons. The lowest BCUT2D eigenvalue weighted by atomic mass is 9.95. The summed E-state index contributed by atoms with van der Waals surface area (Å²) in [6, 6.07) is 33.2. The van der Waals surface area contributed by atoms with Gasteiger partial charge < -0.3 is 14.6 Å².